The SMILES string of the molecule is O=CNc1nc(C(=NOC2CCS(=O)(=O)C2)C(=O)O)ns1. The molecule has 21 heavy (non-hydrogen) atoms. The summed E-state index contributed by atoms with van der Waals surface area (Å²) in [5, 5.41) is 14.8. The number of sulfone groups is 1. The van der Waals surface area contributed by atoms with Gasteiger partial charge in [0.15, 0.2) is 9.84 Å². The molecular formula is C9H10N4O6S2. The molecular weight excluding hydrogens is 324 g/mol. The van der Waals surface area contributed by atoms with Crippen LogP contribution in [0.2, 0.25) is 0 Å². The Kier molecular flexibility index (Phi) is 4.47. The third-order valence-corrected chi connectivity index (χ3v) is 4.89. The molecule has 0 aromatic carbocycles. The number of nitrogens with zero attached hydrogens (tertiary/aromatic N) is 3. The Morgan fingerprint density at radius 1 is 1.57 bits per heavy atom. The normalized spacial score (nSPS) is 21.0. The Hall–Kier alpha value is -2.08. The van der Waals surface area contributed by atoms with E-state index in [1.165, 1.54) is 0 Å². The van der Waals surface area contributed by atoms with Gasteiger partial charge in [0.05, 0.1) is 11.5 Å². The maximum atomic E-state index is 11.3. The van der Waals surface area contributed by atoms with E-state index in [1.54, 1.807) is 0 Å². The molecule has 2 N–H and O–H groups in total. The summed E-state index contributed by atoms with van der Waals surface area (Å²) in [4.78, 5) is 30.1. The Labute approximate surface area is 122 Å². The fraction of sp³-hybridized carbons (Fsp3) is 0.444. The van der Waals surface area contributed by atoms with Crippen molar-refractivity contribution in [1.82, 2.24) is 9.36 Å². The third kappa shape index (κ3) is 3.95. The van der Waals surface area contributed by atoms with Gasteiger partial charge in [-0.3, -0.25) is 4.79 Å². The van der Waals surface area contributed by atoms with Crippen LogP contribution < -0.4 is 5.32 Å². The fourth-order valence-electron chi connectivity index (χ4n) is 1.58. The van der Waals surface area contributed by atoms with Crippen molar-refractivity contribution in [2.24, 2.45) is 5.16 Å². The minimum atomic E-state index is -3.15. The second-order valence-corrected chi connectivity index (χ2v) is 7.04. The van der Waals surface area contributed by atoms with Crippen LogP contribution in [0.25, 0.3) is 0 Å². The lowest BCUT2D eigenvalue weighted by Crippen LogP contribution is -2.19. The van der Waals surface area contributed by atoms with Gasteiger partial charge in [-0.05, 0) is 0 Å². The molecule has 1 amide bonds. The molecule has 0 spiro atoms. The first-order valence-corrected chi connectivity index (χ1v) is 8.22. The Bertz CT molecular complexity index is 682. The number of aliphatic carboxylic acids is 1. The van der Waals surface area contributed by atoms with Crippen molar-refractivity contribution in [1.29, 1.82) is 0 Å². The van der Waals surface area contributed by atoms with Crippen LogP contribution in [0.1, 0.15) is 12.2 Å². The second-order valence-electron chi connectivity index (χ2n) is 4.06. The van der Waals surface area contributed by atoms with Crippen LogP contribution in [0.15, 0.2) is 5.16 Å². The van der Waals surface area contributed by atoms with Crippen molar-refractivity contribution in [3.8, 4) is 0 Å². The molecule has 0 radical (unpaired) electrons. The van der Waals surface area contributed by atoms with Gasteiger partial charge in [-0.2, -0.15) is 9.36 Å². The minimum absolute atomic E-state index is 0.0159. The van der Waals surface area contributed by atoms with Crippen molar-refractivity contribution < 1.29 is 28.0 Å². The highest BCUT2D eigenvalue weighted by Gasteiger charge is 2.30. The number of carboxylic acids is 1. The summed E-state index contributed by atoms with van der Waals surface area (Å²) in [6.45, 7) is 0. The summed E-state index contributed by atoms with van der Waals surface area (Å²) in [5.74, 6) is -1.87. The van der Waals surface area contributed by atoms with Gasteiger partial charge >= 0.3 is 5.97 Å². The first-order chi connectivity index (χ1) is 9.91. The van der Waals surface area contributed by atoms with E-state index < -0.39 is 27.6 Å². The van der Waals surface area contributed by atoms with E-state index in [1.807, 2.05) is 0 Å². The van der Waals surface area contributed by atoms with Crippen molar-refractivity contribution in [3.63, 3.8) is 0 Å². The summed E-state index contributed by atoms with van der Waals surface area (Å²) < 4.78 is 26.2. The first-order valence-electron chi connectivity index (χ1n) is 5.63. The molecule has 1 unspecified atom stereocenters. The van der Waals surface area contributed by atoms with E-state index >= 15 is 0 Å². The maximum absolute atomic E-state index is 11.3. The summed E-state index contributed by atoms with van der Waals surface area (Å²) in [5.41, 5.74) is -0.561. The summed E-state index contributed by atoms with van der Waals surface area (Å²) in [7, 11) is -3.15. The van der Waals surface area contributed by atoms with Crippen LogP contribution in [0.3, 0.4) is 0 Å². The lowest BCUT2D eigenvalue weighted by atomic mass is 10.3. The van der Waals surface area contributed by atoms with E-state index in [4.69, 9.17) is 9.94 Å². The van der Waals surface area contributed by atoms with E-state index in [0.717, 1.165) is 11.5 Å². The first kappa shape index (κ1) is 15.3. The number of amides is 1. The number of carboxylic acid groups (broad SMARTS) is 1. The Morgan fingerprint density at radius 2 is 2.33 bits per heavy atom. The smallest absolute Gasteiger partial charge is 0.362 e. The molecule has 1 aliphatic rings. The molecule has 0 aliphatic carbocycles. The fourth-order valence-corrected chi connectivity index (χ4v) is 3.69. The Balaban J connectivity index is 2.12. The predicted molar refractivity (Wildman–Crippen MR) is 71.9 cm³/mol. The van der Waals surface area contributed by atoms with Gasteiger partial charge in [0, 0.05) is 18.0 Å². The molecule has 1 aliphatic heterocycles. The number of nitrogens with one attached hydrogen (secondary N) is 1. The minimum Gasteiger partial charge on any atom is -0.476 e. The van der Waals surface area contributed by atoms with Crippen molar-refractivity contribution >= 4 is 44.6 Å². The molecule has 2 rings (SSSR count). The van der Waals surface area contributed by atoms with Crippen molar-refractivity contribution in [2.45, 2.75) is 12.5 Å². The molecule has 1 fully saturated rings. The van der Waals surface area contributed by atoms with Crippen LogP contribution in [0.5, 0.6) is 0 Å². The van der Waals surface area contributed by atoms with Gasteiger partial charge in [-0.1, -0.05) is 5.16 Å². The molecule has 1 atom stereocenters. The zero-order valence-corrected chi connectivity index (χ0v) is 12.1. The van der Waals surface area contributed by atoms with Gasteiger partial charge in [-0.15, -0.1) is 0 Å². The van der Waals surface area contributed by atoms with Crippen LogP contribution in [0.4, 0.5) is 5.13 Å². The molecule has 1 aromatic heterocycles. The molecule has 1 aromatic rings. The zero-order chi connectivity index (χ0) is 15.5. The average molecular weight is 334 g/mol. The van der Waals surface area contributed by atoms with Gasteiger partial charge in [0.2, 0.25) is 23.1 Å². The number of aromatic nitrogens is 2. The van der Waals surface area contributed by atoms with Gasteiger partial charge in [-0.25, -0.2) is 13.2 Å². The molecule has 0 saturated carbocycles. The number of hydrogen-bond acceptors (Lipinski definition) is 9. The van der Waals surface area contributed by atoms with E-state index in [0.29, 0.717) is 6.41 Å². The largest absolute Gasteiger partial charge is 0.476 e. The Morgan fingerprint density at radius 3 is 2.90 bits per heavy atom. The number of hydrogen-bond donors (Lipinski definition) is 2. The lowest BCUT2D eigenvalue weighted by molar-refractivity contribution is -0.129. The van der Waals surface area contributed by atoms with Crippen LogP contribution in [-0.2, 0) is 24.3 Å². The maximum Gasteiger partial charge on any atom is 0.362 e. The quantitative estimate of drug-likeness (QED) is 0.386. The number of carbonyl (C=O) groups is 2. The highest BCUT2D eigenvalue weighted by atomic mass is 32.2. The second kappa shape index (κ2) is 6.13. The van der Waals surface area contributed by atoms with E-state index in [9.17, 15) is 18.0 Å². The molecule has 114 valence electrons. The third-order valence-electron chi connectivity index (χ3n) is 2.51. The average Bonchev–Trinajstić information content (AvgIpc) is 2.97. The van der Waals surface area contributed by atoms with E-state index in [2.05, 4.69) is 19.8 Å². The number of rotatable bonds is 6. The number of oxime groups is 1. The van der Waals surface area contributed by atoms with Crippen LogP contribution in [0, 0.1) is 0 Å². The molecule has 2 heterocycles. The van der Waals surface area contributed by atoms with Crippen molar-refractivity contribution in [2.75, 3.05) is 16.8 Å². The summed E-state index contributed by atoms with van der Waals surface area (Å²) in [6.07, 6.45) is -0.0568. The van der Waals surface area contributed by atoms with E-state index in [-0.39, 0.29) is 28.9 Å². The van der Waals surface area contributed by atoms with Gasteiger partial charge < -0.3 is 15.3 Å². The predicted octanol–water partition coefficient (Wildman–Crippen LogP) is -0.901. The summed E-state index contributed by atoms with van der Waals surface area (Å²) in [6, 6.07) is 0. The molecule has 10 nitrogen and oxygen atoms in total. The van der Waals surface area contributed by atoms with Crippen molar-refractivity contribution in [3.05, 3.63) is 5.82 Å². The standard InChI is InChI=1S/C9H10N4O6S2/c14-4-10-9-11-7(13-20-9)6(8(15)16)12-19-5-1-2-21(17,18)3-5/h4-5H,1-3H2,(H,15,16)(H,10,11,13,14). The molecule has 0 bridgehead atoms. The zero-order valence-electron chi connectivity index (χ0n) is 10.4. The topological polar surface area (TPSA) is 148 Å². The number of carbonyl (C=O) groups excluding carboxylic acids is 1. The monoisotopic (exact) mass is 334 g/mol. The highest BCUT2D eigenvalue weighted by molar-refractivity contribution is 7.91. The van der Waals surface area contributed by atoms with Crippen LogP contribution >= 0.6 is 11.5 Å². The lowest BCUT2D eigenvalue weighted by Gasteiger charge is -2.05. The highest BCUT2D eigenvalue weighted by Crippen LogP contribution is 2.16. The number of anilines is 1. The summed E-state index contributed by atoms with van der Waals surface area (Å²) >= 11 is 0.779. The van der Waals surface area contributed by atoms with Crippen LogP contribution in [-0.4, -0.2) is 58.6 Å². The van der Waals surface area contributed by atoms with Gasteiger partial charge in [0.25, 0.3) is 0 Å². The van der Waals surface area contributed by atoms with Gasteiger partial charge in [0.1, 0.15) is 6.10 Å². The molecule has 1 saturated heterocycles. The molecule has 12 heteroatoms.